The minimum atomic E-state index is -1.50. The maximum Gasteiger partial charge on any atom is 0.332 e. The van der Waals surface area contributed by atoms with Crippen LogP contribution in [0.4, 0.5) is 14.9 Å². The molecular weight excluding hydrogens is 483 g/mol. The van der Waals surface area contributed by atoms with E-state index in [9.17, 15) is 18.8 Å². The molecule has 32 heavy (non-hydrogen) atoms. The molecule has 0 spiro atoms. The molecule has 3 heterocycles. The number of carbonyl (C=O) groups is 3. The number of hydrogen-bond acceptors (Lipinski definition) is 5. The monoisotopic (exact) mass is 502 g/mol. The number of halogens is 2. The van der Waals surface area contributed by atoms with Gasteiger partial charge in [-0.2, -0.15) is 0 Å². The van der Waals surface area contributed by atoms with Crippen molar-refractivity contribution >= 4 is 39.5 Å². The molecule has 9 heteroatoms. The van der Waals surface area contributed by atoms with Crippen molar-refractivity contribution in [2.24, 2.45) is 11.8 Å². The van der Waals surface area contributed by atoms with Gasteiger partial charge in [-0.05, 0) is 50.2 Å². The van der Waals surface area contributed by atoms with Crippen molar-refractivity contribution in [1.82, 2.24) is 4.90 Å². The van der Waals surface area contributed by atoms with Crippen molar-refractivity contribution in [3.05, 3.63) is 58.3 Å². The fraction of sp³-hybridized carbons (Fsp3) is 0.348. The number of fused-ring (bicyclic) bond motifs is 5. The zero-order chi connectivity index (χ0) is 22.8. The topological polar surface area (TPSA) is 76.2 Å². The minimum absolute atomic E-state index is 0.122. The van der Waals surface area contributed by atoms with E-state index >= 15 is 0 Å². The van der Waals surface area contributed by atoms with E-state index in [1.807, 2.05) is 12.1 Å². The summed E-state index contributed by atoms with van der Waals surface area (Å²) < 4.78 is 25.9. The number of hydrogen-bond donors (Lipinski definition) is 0. The van der Waals surface area contributed by atoms with Crippen LogP contribution < -0.4 is 9.64 Å². The van der Waals surface area contributed by atoms with Gasteiger partial charge in [0.25, 0.3) is 5.91 Å². The lowest BCUT2D eigenvalue weighted by atomic mass is 9.77. The molecular formula is C23H20BrFN2O5. The van der Waals surface area contributed by atoms with Gasteiger partial charge < -0.3 is 14.4 Å². The third kappa shape index (κ3) is 2.73. The largest absolute Gasteiger partial charge is 0.493 e. The van der Waals surface area contributed by atoms with Crippen molar-refractivity contribution < 1.29 is 28.2 Å². The highest BCUT2D eigenvalue weighted by Gasteiger charge is 2.72. The normalized spacial score (nSPS) is 28.2. The summed E-state index contributed by atoms with van der Waals surface area (Å²) >= 11 is 3.46. The van der Waals surface area contributed by atoms with Crippen molar-refractivity contribution in [2.45, 2.75) is 25.4 Å². The quantitative estimate of drug-likeness (QED) is 0.467. The first-order valence-electron chi connectivity index (χ1n) is 10.3. The Morgan fingerprint density at radius 2 is 2.06 bits per heavy atom. The number of carbonyl (C=O) groups excluding carboxylic acids is 3. The number of urea groups is 1. The van der Waals surface area contributed by atoms with E-state index in [1.54, 1.807) is 19.9 Å². The smallest absolute Gasteiger partial charge is 0.332 e. The van der Waals surface area contributed by atoms with Crippen LogP contribution in [0.15, 0.2) is 46.9 Å². The number of esters is 1. The summed E-state index contributed by atoms with van der Waals surface area (Å²) in [6, 6.07) is 9.57. The molecule has 0 radical (unpaired) electrons. The summed E-state index contributed by atoms with van der Waals surface area (Å²) in [5.74, 6) is -2.53. The predicted molar refractivity (Wildman–Crippen MR) is 116 cm³/mol. The second kappa shape index (κ2) is 7.30. The average Bonchev–Trinajstić information content (AvgIpc) is 3.13. The highest BCUT2D eigenvalue weighted by molar-refractivity contribution is 9.10. The van der Waals surface area contributed by atoms with Crippen molar-refractivity contribution in [3.8, 4) is 5.75 Å². The van der Waals surface area contributed by atoms with Crippen LogP contribution in [0.3, 0.4) is 0 Å². The molecule has 0 unspecified atom stereocenters. The lowest BCUT2D eigenvalue weighted by molar-refractivity contribution is -0.154. The Morgan fingerprint density at radius 3 is 2.78 bits per heavy atom. The Hall–Kier alpha value is -2.94. The van der Waals surface area contributed by atoms with Crippen LogP contribution in [0.1, 0.15) is 25.5 Å². The minimum Gasteiger partial charge on any atom is -0.493 e. The van der Waals surface area contributed by atoms with Crippen molar-refractivity contribution in [2.75, 3.05) is 18.1 Å². The molecule has 2 saturated heterocycles. The van der Waals surface area contributed by atoms with E-state index in [2.05, 4.69) is 15.9 Å². The van der Waals surface area contributed by atoms with E-state index < -0.39 is 47.1 Å². The van der Waals surface area contributed by atoms with Crippen molar-refractivity contribution in [3.63, 3.8) is 0 Å². The molecule has 0 N–H and O–H groups in total. The molecule has 3 amide bonds. The molecule has 166 valence electrons. The Balaban J connectivity index is 1.70. The van der Waals surface area contributed by atoms with Crippen LogP contribution in [-0.2, 0) is 14.3 Å². The van der Waals surface area contributed by atoms with E-state index in [0.717, 1.165) is 15.4 Å². The van der Waals surface area contributed by atoms with E-state index in [1.165, 1.54) is 23.1 Å². The number of nitrogens with zero attached hydrogens (tertiary/aromatic N) is 2. The van der Waals surface area contributed by atoms with Crippen LogP contribution >= 0.6 is 15.9 Å². The van der Waals surface area contributed by atoms with Gasteiger partial charge in [0.15, 0.2) is 0 Å². The SMILES string of the molecule is CCOC(=O)[C@@H]1[C@H]2COc3ccc(Br)cc3[C@H]2N2C(=O)N(c3cccc(F)c3)C(=O)[C@]12C. The van der Waals surface area contributed by atoms with Crippen LogP contribution in [-0.4, -0.2) is 41.6 Å². The molecule has 3 aliphatic rings. The van der Waals surface area contributed by atoms with E-state index in [-0.39, 0.29) is 18.9 Å². The van der Waals surface area contributed by atoms with E-state index in [4.69, 9.17) is 9.47 Å². The Morgan fingerprint density at radius 1 is 1.28 bits per heavy atom. The highest BCUT2D eigenvalue weighted by atomic mass is 79.9. The van der Waals surface area contributed by atoms with Crippen LogP contribution in [0, 0.1) is 17.7 Å². The van der Waals surface area contributed by atoms with Crippen LogP contribution in [0.2, 0.25) is 0 Å². The van der Waals surface area contributed by atoms with Gasteiger partial charge in [-0.3, -0.25) is 9.59 Å². The average molecular weight is 503 g/mol. The first-order valence-corrected chi connectivity index (χ1v) is 11.1. The number of rotatable bonds is 3. The Bertz CT molecular complexity index is 1160. The molecule has 0 aromatic heterocycles. The first kappa shape index (κ1) is 20.9. The third-order valence-electron chi connectivity index (χ3n) is 6.58. The molecule has 5 rings (SSSR count). The van der Waals surface area contributed by atoms with Gasteiger partial charge >= 0.3 is 12.0 Å². The van der Waals surface area contributed by atoms with Gasteiger partial charge in [-0.1, -0.05) is 22.0 Å². The van der Waals surface area contributed by atoms with Gasteiger partial charge in [0.1, 0.15) is 17.1 Å². The number of ether oxygens (including phenoxy) is 2. The summed E-state index contributed by atoms with van der Waals surface area (Å²) in [7, 11) is 0. The zero-order valence-electron chi connectivity index (χ0n) is 17.4. The Labute approximate surface area is 192 Å². The van der Waals surface area contributed by atoms with Crippen LogP contribution in [0.25, 0.3) is 0 Å². The molecule has 0 saturated carbocycles. The molecule has 2 aromatic rings. The fourth-order valence-corrected chi connectivity index (χ4v) is 5.69. The summed E-state index contributed by atoms with van der Waals surface area (Å²) in [6.45, 7) is 3.58. The Kier molecular flexibility index (Phi) is 4.77. The molecule has 2 aromatic carbocycles. The van der Waals surface area contributed by atoms with Gasteiger partial charge in [0.05, 0.1) is 30.9 Å². The molecule has 0 aliphatic carbocycles. The second-order valence-electron chi connectivity index (χ2n) is 8.25. The summed E-state index contributed by atoms with van der Waals surface area (Å²) in [5.41, 5.74) is -0.676. The molecule has 2 fully saturated rings. The lowest BCUT2D eigenvalue weighted by Crippen LogP contribution is -2.51. The summed E-state index contributed by atoms with van der Waals surface area (Å²) in [5, 5.41) is 0. The third-order valence-corrected chi connectivity index (χ3v) is 7.07. The fourth-order valence-electron chi connectivity index (χ4n) is 5.31. The van der Waals surface area contributed by atoms with Crippen molar-refractivity contribution in [1.29, 1.82) is 0 Å². The first-order chi connectivity index (χ1) is 15.3. The predicted octanol–water partition coefficient (Wildman–Crippen LogP) is 4.06. The maximum atomic E-state index is 13.9. The number of amides is 3. The second-order valence-corrected chi connectivity index (χ2v) is 9.17. The molecule has 4 atom stereocenters. The summed E-state index contributed by atoms with van der Waals surface area (Å²) in [4.78, 5) is 43.0. The number of benzene rings is 2. The molecule has 0 bridgehead atoms. The van der Waals surface area contributed by atoms with Gasteiger partial charge in [0, 0.05) is 16.0 Å². The zero-order valence-corrected chi connectivity index (χ0v) is 19.0. The maximum absolute atomic E-state index is 13.9. The number of imide groups is 1. The van der Waals surface area contributed by atoms with Crippen LogP contribution in [0.5, 0.6) is 5.75 Å². The summed E-state index contributed by atoms with van der Waals surface area (Å²) in [6.07, 6.45) is 0. The lowest BCUT2D eigenvalue weighted by Gasteiger charge is -2.34. The number of anilines is 1. The molecule has 7 nitrogen and oxygen atoms in total. The van der Waals surface area contributed by atoms with E-state index in [0.29, 0.717) is 11.3 Å². The van der Waals surface area contributed by atoms with Gasteiger partial charge in [-0.15, -0.1) is 0 Å². The van der Waals surface area contributed by atoms with Gasteiger partial charge in [0.2, 0.25) is 0 Å². The standard InChI is InChI=1S/C23H20BrFN2O5/c1-3-31-20(28)18-16-11-32-17-8-7-12(24)9-15(17)19(16)27-22(30)26(21(29)23(18,27)2)14-6-4-5-13(25)10-14/h4-10,16,18-19H,3,11H2,1-2H3/t16-,18+,19-,23+/m1/s1. The van der Waals surface area contributed by atoms with Gasteiger partial charge in [-0.25, -0.2) is 14.1 Å². The molecule has 3 aliphatic heterocycles. The highest BCUT2D eigenvalue weighted by Crippen LogP contribution is 2.58.